The molecule has 0 saturated heterocycles. The SMILES string of the molecule is CC(Sc1ccc(Cl)cc1)C(=O)NCc1ccc(NC(N)=O)cc1. The molecule has 0 heterocycles. The van der Waals surface area contributed by atoms with Crippen LogP contribution in [0.4, 0.5) is 10.5 Å². The van der Waals surface area contributed by atoms with Crippen molar-refractivity contribution in [2.24, 2.45) is 5.73 Å². The number of halogens is 1. The molecule has 0 bridgehead atoms. The lowest BCUT2D eigenvalue weighted by atomic mass is 10.2. The molecule has 126 valence electrons. The molecular formula is C17H18ClN3O2S. The molecule has 7 heteroatoms. The van der Waals surface area contributed by atoms with Crippen molar-refractivity contribution in [2.75, 3.05) is 5.32 Å². The first-order valence-corrected chi connectivity index (χ1v) is 8.55. The Hall–Kier alpha value is -2.18. The molecule has 0 radical (unpaired) electrons. The number of nitrogens with one attached hydrogen (secondary N) is 2. The number of urea groups is 1. The molecule has 0 aliphatic heterocycles. The first kappa shape index (κ1) is 18.2. The first-order chi connectivity index (χ1) is 11.4. The molecule has 0 aromatic heterocycles. The second-order valence-corrected chi connectivity index (χ2v) is 6.97. The minimum atomic E-state index is -0.607. The highest BCUT2D eigenvalue weighted by atomic mass is 35.5. The molecule has 0 saturated carbocycles. The molecule has 5 nitrogen and oxygen atoms in total. The number of benzene rings is 2. The van der Waals surface area contributed by atoms with Gasteiger partial charge in [0.2, 0.25) is 5.91 Å². The van der Waals surface area contributed by atoms with Crippen LogP contribution in [0.5, 0.6) is 0 Å². The van der Waals surface area contributed by atoms with Crippen LogP contribution >= 0.6 is 23.4 Å². The fraction of sp³-hybridized carbons (Fsp3) is 0.176. The maximum Gasteiger partial charge on any atom is 0.316 e. The van der Waals surface area contributed by atoms with E-state index in [0.29, 0.717) is 17.3 Å². The van der Waals surface area contributed by atoms with Crippen LogP contribution in [0.1, 0.15) is 12.5 Å². The fourth-order valence-electron chi connectivity index (χ4n) is 1.95. The van der Waals surface area contributed by atoms with Crippen LogP contribution in [0.2, 0.25) is 5.02 Å². The number of thioether (sulfide) groups is 1. The number of carbonyl (C=O) groups is 2. The average molecular weight is 364 g/mol. The van der Waals surface area contributed by atoms with Gasteiger partial charge in [-0.3, -0.25) is 4.79 Å². The van der Waals surface area contributed by atoms with Crippen molar-refractivity contribution < 1.29 is 9.59 Å². The lowest BCUT2D eigenvalue weighted by molar-refractivity contribution is -0.120. The number of anilines is 1. The zero-order valence-corrected chi connectivity index (χ0v) is 14.7. The summed E-state index contributed by atoms with van der Waals surface area (Å²) >= 11 is 7.32. The quantitative estimate of drug-likeness (QED) is 0.685. The Balaban J connectivity index is 1.83. The van der Waals surface area contributed by atoms with Gasteiger partial charge in [-0.2, -0.15) is 0 Å². The van der Waals surface area contributed by atoms with Crippen molar-refractivity contribution in [3.8, 4) is 0 Å². The molecule has 3 amide bonds. The van der Waals surface area contributed by atoms with Crippen LogP contribution in [0, 0.1) is 0 Å². The monoisotopic (exact) mass is 363 g/mol. The highest BCUT2D eigenvalue weighted by molar-refractivity contribution is 8.00. The standard InChI is InChI=1S/C17H18ClN3O2S/c1-11(24-15-8-4-13(18)5-9-15)16(22)20-10-12-2-6-14(7-3-12)21-17(19)23/h2-9,11H,10H2,1H3,(H,20,22)(H3,19,21,23). The number of hydrogen-bond acceptors (Lipinski definition) is 3. The minimum absolute atomic E-state index is 0.0470. The van der Waals surface area contributed by atoms with Gasteiger partial charge >= 0.3 is 6.03 Å². The maximum absolute atomic E-state index is 12.2. The van der Waals surface area contributed by atoms with E-state index < -0.39 is 6.03 Å². The molecule has 4 N–H and O–H groups in total. The summed E-state index contributed by atoms with van der Waals surface area (Å²) in [5.74, 6) is -0.0470. The lowest BCUT2D eigenvalue weighted by Gasteiger charge is -2.12. The molecule has 0 aliphatic rings. The van der Waals surface area contributed by atoms with Crippen molar-refractivity contribution in [3.05, 3.63) is 59.1 Å². The van der Waals surface area contributed by atoms with Crippen LogP contribution < -0.4 is 16.4 Å². The Morgan fingerprint density at radius 1 is 1.12 bits per heavy atom. The van der Waals surface area contributed by atoms with Crippen molar-refractivity contribution in [3.63, 3.8) is 0 Å². The van der Waals surface area contributed by atoms with E-state index in [-0.39, 0.29) is 11.2 Å². The number of nitrogens with two attached hydrogens (primary N) is 1. The Morgan fingerprint density at radius 2 is 1.75 bits per heavy atom. The highest BCUT2D eigenvalue weighted by Crippen LogP contribution is 2.24. The van der Waals surface area contributed by atoms with E-state index in [9.17, 15) is 9.59 Å². The molecule has 0 spiro atoms. The summed E-state index contributed by atoms with van der Waals surface area (Å²) in [7, 11) is 0. The van der Waals surface area contributed by atoms with Crippen LogP contribution in [-0.2, 0) is 11.3 Å². The lowest BCUT2D eigenvalue weighted by Crippen LogP contribution is -2.30. The van der Waals surface area contributed by atoms with E-state index in [1.54, 1.807) is 24.3 Å². The molecule has 0 fully saturated rings. The molecular weight excluding hydrogens is 346 g/mol. The van der Waals surface area contributed by atoms with E-state index >= 15 is 0 Å². The summed E-state index contributed by atoms with van der Waals surface area (Å²) in [5.41, 5.74) is 6.60. The van der Waals surface area contributed by atoms with Gasteiger partial charge in [0, 0.05) is 22.2 Å². The largest absolute Gasteiger partial charge is 0.351 e. The second-order valence-electron chi connectivity index (χ2n) is 5.12. The van der Waals surface area contributed by atoms with E-state index in [4.69, 9.17) is 17.3 Å². The number of hydrogen-bond donors (Lipinski definition) is 3. The van der Waals surface area contributed by atoms with E-state index in [2.05, 4.69) is 10.6 Å². The van der Waals surface area contributed by atoms with Gasteiger partial charge in [0.15, 0.2) is 0 Å². The van der Waals surface area contributed by atoms with Crippen LogP contribution in [-0.4, -0.2) is 17.2 Å². The van der Waals surface area contributed by atoms with Gasteiger partial charge in [-0.25, -0.2) is 4.79 Å². The molecule has 1 atom stereocenters. The smallest absolute Gasteiger partial charge is 0.316 e. The zero-order chi connectivity index (χ0) is 17.5. The van der Waals surface area contributed by atoms with Gasteiger partial charge in [-0.05, 0) is 48.9 Å². The summed E-state index contributed by atoms with van der Waals surface area (Å²) in [5, 5.41) is 5.83. The Morgan fingerprint density at radius 3 is 2.33 bits per heavy atom. The highest BCUT2D eigenvalue weighted by Gasteiger charge is 2.14. The molecule has 1 unspecified atom stereocenters. The molecule has 2 aromatic carbocycles. The number of rotatable bonds is 6. The fourth-order valence-corrected chi connectivity index (χ4v) is 2.97. The number of carbonyl (C=O) groups excluding carboxylic acids is 2. The van der Waals surface area contributed by atoms with Crippen LogP contribution in [0.3, 0.4) is 0 Å². The van der Waals surface area contributed by atoms with Crippen molar-refractivity contribution >= 4 is 41.0 Å². The van der Waals surface area contributed by atoms with Gasteiger partial charge < -0.3 is 16.4 Å². The van der Waals surface area contributed by atoms with Gasteiger partial charge in [0.25, 0.3) is 0 Å². The third-order valence-corrected chi connectivity index (χ3v) is 4.55. The summed E-state index contributed by atoms with van der Waals surface area (Å²) in [6, 6.07) is 13.9. The Labute approximate surface area is 150 Å². The molecule has 0 aliphatic carbocycles. The van der Waals surface area contributed by atoms with E-state index in [0.717, 1.165) is 10.5 Å². The maximum atomic E-state index is 12.2. The zero-order valence-electron chi connectivity index (χ0n) is 13.1. The van der Waals surface area contributed by atoms with Crippen LogP contribution in [0.15, 0.2) is 53.4 Å². The molecule has 2 rings (SSSR count). The van der Waals surface area contributed by atoms with Crippen LogP contribution in [0.25, 0.3) is 0 Å². The summed E-state index contributed by atoms with van der Waals surface area (Å²) in [6.45, 7) is 2.27. The average Bonchev–Trinajstić information content (AvgIpc) is 2.55. The third kappa shape index (κ3) is 5.79. The predicted octanol–water partition coefficient (Wildman–Crippen LogP) is 3.63. The normalized spacial score (nSPS) is 11.6. The van der Waals surface area contributed by atoms with E-state index in [1.165, 1.54) is 11.8 Å². The second kappa shape index (κ2) is 8.61. The molecule has 2 aromatic rings. The summed E-state index contributed by atoms with van der Waals surface area (Å²) in [4.78, 5) is 23.9. The Bertz CT molecular complexity index is 705. The third-order valence-electron chi connectivity index (χ3n) is 3.18. The number of amides is 3. The number of primary amides is 1. The topological polar surface area (TPSA) is 84.2 Å². The van der Waals surface area contributed by atoms with Crippen molar-refractivity contribution in [2.45, 2.75) is 23.6 Å². The van der Waals surface area contributed by atoms with Gasteiger partial charge in [0.1, 0.15) is 0 Å². The Kier molecular flexibility index (Phi) is 6.52. The van der Waals surface area contributed by atoms with E-state index in [1.807, 2.05) is 31.2 Å². The van der Waals surface area contributed by atoms with Crippen molar-refractivity contribution in [1.82, 2.24) is 5.32 Å². The predicted molar refractivity (Wildman–Crippen MR) is 98.3 cm³/mol. The van der Waals surface area contributed by atoms with Crippen molar-refractivity contribution in [1.29, 1.82) is 0 Å². The van der Waals surface area contributed by atoms with Gasteiger partial charge in [-0.15, -0.1) is 11.8 Å². The minimum Gasteiger partial charge on any atom is -0.351 e. The van der Waals surface area contributed by atoms with Gasteiger partial charge in [0.05, 0.1) is 5.25 Å². The van der Waals surface area contributed by atoms with Gasteiger partial charge in [-0.1, -0.05) is 23.7 Å². The first-order valence-electron chi connectivity index (χ1n) is 7.29. The molecule has 24 heavy (non-hydrogen) atoms. The summed E-state index contributed by atoms with van der Waals surface area (Å²) in [6.07, 6.45) is 0. The summed E-state index contributed by atoms with van der Waals surface area (Å²) < 4.78 is 0.